The van der Waals surface area contributed by atoms with Crippen molar-refractivity contribution in [2.45, 2.75) is 12.3 Å². The van der Waals surface area contributed by atoms with Crippen molar-refractivity contribution in [1.29, 1.82) is 0 Å². The van der Waals surface area contributed by atoms with Gasteiger partial charge in [0.15, 0.2) is 0 Å². The summed E-state index contributed by atoms with van der Waals surface area (Å²) in [5.74, 6) is -0.131. The molecule has 0 fully saturated rings. The molecule has 0 unspecified atom stereocenters. The summed E-state index contributed by atoms with van der Waals surface area (Å²) in [4.78, 5) is 12.1. The molecule has 1 aromatic carbocycles. The van der Waals surface area contributed by atoms with Crippen LogP contribution in [-0.4, -0.2) is 15.7 Å². The molecule has 0 spiro atoms. The number of nitrogens with zero attached hydrogens (tertiary/aromatic N) is 2. The number of hydrogen-bond acceptors (Lipinski definition) is 2. The van der Waals surface area contributed by atoms with E-state index in [1.54, 1.807) is 17.9 Å². The average Bonchev–Trinajstić information content (AvgIpc) is 2.69. The summed E-state index contributed by atoms with van der Waals surface area (Å²) in [5, 5.41) is 7.78. The van der Waals surface area contributed by atoms with Gasteiger partial charge in [-0.1, -0.05) is 34.1 Å². The molecule has 0 aliphatic heterocycles. The predicted octanol–water partition coefficient (Wildman–Crippen LogP) is 2.88. The van der Waals surface area contributed by atoms with Gasteiger partial charge in [-0.25, -0.2) is 0 Å². The fourth-order valence-corrected chi connectivity index (χ4v) is 2.26. The Labute approximate surface area is 114 Å². The lowest BCUT2D eigenvalue weighted by Crippen LogP contribution is -2.13. The van der Waals surface area contributed by atoms with Crippen LogP contribution in [0.15, 0.2) is 30.5 Å². The largest absolute Gasteiger partial charge is 0.322 e. The van der Waals surface area contributed by atoms with E-state index in [0.29, 0.717) is 10.9 Å². The third-order valence-electron chi connectivity index (χ3n) is 2.67. The molecule has 94 valence electrons. The van der Waals surface area contributed by atoms with E-state index in [4.69, 9.17) is 0 Å². The summed E-state index contributed by atoms with van der Waals surface area (Å²) in [6, 6.07) is 7.71. The van der Waals surface area contributed by atoms with E-state index in [2.05, 4.69) is 26.3 Å². The molecule has 18 heavy (non-hydrogen) atoms. The van der Waals surface area contributed by atoms with Crippen LogP contribution in [0.25, 0.3) is 0 Å². The molecule has 0 bridgehead atoms. The molecule has 1 amide bonds. The second-order valence-electron chi connectivity index (χ2n) is 4.05. The summed E-state index contributed by atoms with van der Waals surface area (Å²) in [6.07, 6.45) is 1.72. The van der Waals surface area contributed by atoms with Gasteiger partial charge in [-0.05, 0) is 18.6 Å². The Morgan fingerprint density at radius 1 is 1.44 bits per heavy atom. The number of hydrogen-bond donors (Lipinski definition) is 1. The molecule has 0 radical (unpaired) electrons. The van der Waals surface area contributed by atoms with Crippen molar-refractivity contribution in [3.05, 3.63) is 47.3 Å². The zero-order chi connectivity index (χ0) is 13.1. The average molecular weight is 308 g/mol. The van der Waals surface area contributed by atoms with Crippen LogP contribution >= 0.6 is 15.9 Å². The third kappa shape index (κ3) is 2.61. The Kier molecular flexibility index (Phi) is 3.81. The van der Waals surface area contributed by atoms with Crippen LogP contribution in [0, 0.1) is 6.92 Å². The number of amides is 1. The number of rotatable bonds is 3. The first-order valence-corrected chi connectivity index (χ1v) is 6.69. The molecule has 0 atom stereocenters. The van der Waals surface area contributed by atoms with E-state index >= 15 is 0 Å². The van der Waals surface area contributed by atoms with E-state index in [1.807, 2.05) is 31.2 Å². The number of carbonyl (C=O) groups excluding carboxylic acids is 1. The van der Waals surface area contributed by atoms with Gasteiger partial charge in [0.2, 0.25) is 0 Å². The van der Waals surface area contributed by atoms with Crippen LogP contribution in [0.4, 0.5) is 5.69 Å². The molecule has 2 aromatic rings. The van der Waals surface area contributed by atoms with Gasteiger partial charge in [0.25, 0.3) is 5.91 Å². The monoisotopic (exact) mass is 307 g/mol. The van der Waals surface area contributed by atoms with Crippen molar-refractivity contribution in [2.24, 2.45) is 7.05 Å². The normalized spacial score (nSPS) is 10.4. The predicted molar refractivity (Wildman–Crippen MR) is 75.0 cm³/mol. The zero-order valence-electron chi connectivity index (χ0n) is 10.3. The fraction of sp³-hybridized carbons (Fsp3) is 0.231. The molecule has 2 rings (SSSR count). The summed E-state index contributed by atoms with van der Waals surface area (Å²) in [7, 11) is 1.80. The summed E-state index contributed by atoms with van der Waals surface area (Å²) in [6.45, 7) is 1.82. The van der Waals surface area contributed by atoms with Crippen LogP contribution in [0.2, 0.25) is 0 Å². The lowest BCUT2D eigenvalue weighted by molar-refractivity contribution is 0.102. The van der Waals surface area contributed by atoms with Gasteiger partial charge in [0.1, 0.15) is 0 Å². The van der Waals surface area contributed by atoms with E-state index in [9.17, 15) is 4.79 Å². The molecule has 1 N–H and O–H groups in total. The zero-order valence-corrected chi connectivity index (χ0v) is 11.9. The molecule has 4 nitrogen and oxygen atoms in total. The quantitative estimate of drug-likeness (QED) is 0.886. The summed E-state index contributed by atoms with van der Waals surface area (Å²) in [5.41, 5.74) is 3.20. The third-order valence-corrected chi connectivity index (χ3v) is 3.27. The van der Waals surface area contributed by atoms with Crippen LogP contribution in [0.5, 0.6) is 0 Å². The highest BCUT2D eigenvalue weighted by atomic mass is 79.9. The van der Waals surface area contributed by atoms with Crippen molar-refractivity contribution in [1.82, 2.24) is 9.78 Å². The second kappa shape index (κ2) is 5.35. The number of aromatic nitrogens is 2. The Morgan fingerprint density at radius 2 is 2.17 bits per heavy atom. The molecule has 0 aliphatic carbocycles. The lowest BCUT2D eigenvalue weighted by atomic mass is 10.2. The van der Waals surface area contributed by atoms with Gasteiger partial charge in [0, 0.05) is 24.3 Å². The highest BCUT2D eigenvalue weighted by Crippen LogP contribution is 2.19. The van der Waals surface area contributed by atoms with Crippen molar-refractivity contribution in [3.63, 3.8) is 0 Å². The van der Waals surface area contributed by atoms with E-state index < -0.39 is 0 Å². The molecule has 0 saturated heterocycles. The van der Waals surface area contributed by atoms with E-state index in [-0.39, 0.29) is 5.91 Å². The molecule has 0 aliphatic rings. The maximum absolute atomic E-state index is 12.1. The minimum atomic E-state index is -0.131. The number of halogens is 1. The number of alkyl halides is 1. The van der Waals surface area contributed by atoms with Crippen molar-refractivity contribution >= 4 is 27.5 Å². The minimum absolute atomic E-state index is 0.131. The first kappa shape index (κ1) is 12.8. The maximum atomic E-state index is 12.1. The number of nitrogens with one attached hydrogen (secondary N) is 1. The van der Waals surface area contributed by atoms with Crippen molar-refractivity contribution in [3.8, 4) is 0 Å². The standard InChI is InChI=1S/C13H14BrN3O/c1-9-11(8-17(2)16-9)13(18)15-12-6-4-3-5-10(12)7-14/h3-6,8H,7H2,1-2H3,(H,15,18). The number of carbonyl (C=O) groups is 1. The molecular weight excluding hydrogens is 294 g/mol. The van der Waals surface area contributed by atoms with Gasteiger partial charge in [-0.15, -0.1) is 0 Å². The van der Waals surface area contributed by atoms with E-state index in [0.717, 1.165) is 16.9 Å². The summed E-state index contributed by atoms with van der Waals surface area (Å²) >= 11 is 3.41. The van der Waals surface area contributed by atoms with Crippen LogP contribution < -0.4 is 5.32 Å². The Hall–Kier alpha value is -1.62. The highest BCUT2D eigenvalue weighted by molar-refractivity contribution is 9.08. The van der Waals surface area contributed by atoms with Crippen molar-refractivity contribution < 1.29 is 4.79 Å². The molecule has 0 saturated carbocycles. The maximum Gasteiger partial charge on any atom is 0.259 e. The lowest BCUT2D eigenvalue weighted by Gasteiger charge is -2.08. The highest BCUT2D eigenvalue weighted by Gasteiger charge is 2.13. The molecular formula is C13H14BrN3O. The molecule has 1 aromatic heterocycles. The SMILES string of the molecule is Cc1nn(C)cc1C(=O)Nc1ccccc1CBr. The fourth-order valence-electron chi connectivity index (χ4n) is 1.77. The van der Waals surface area contributed by atoms with Crippen LogP contribution in [0.1, 0.15) is 21.6 Å². The topological polar surface area (TPSA) is 46.9 Å². The van der Waals surface area contributed by atoms with Crippen molar-refractivity contribution in [2.75, 3.05) is 5.32 Å². The molecule has 5 heteroatoms. The minimum Gasteiger partial charge on any atom is -0.322 e. The number of anilines is 1. The first-order chi connectivity index (χ1) is 8.61. The van der Waals surface area contributed by atoms with Gasteiger partial charge in [-0.2, -0.15) is 5.10 Å². The van der Waals surface area contributed by atoms with E-state index in [1.165, 1.54) is 0 Å². The van der Waals surface area contributed by atoms with Gasteiger partial charge in [-0.3, -0.25) is 9.48 Å². The smallest absolute Gasteiger partial charge is 0.259 e. The van der Waals surface area contributed by atoms with Crippen LogP contribution in [0.3, 0.4) is 0 Å². The summed E-state index contributed by atoms with van der Waals surface area (Å²) < 4.78 is 1.64. The van der Waals surface area contributed by atoms with Gasteiger partial charge >= 0.3 is 0 Å². The Morgan fingerprint density at radius 3 is 2.78 bits per heavy atom. The molecule has 1 heterocycles. The Bertz CT molecular complexity index is 577. The van der Waals surface area contributed by atoms with Gasteiger partial charge in [0.05, 0.1) is 11.3 Å². The second-order valence-corrected chi connectivity index (χ2v) is 4.61. The number of para-hydroxylation sites is 1. The number of aryl methyl sites for hydroxylation is 2. The first-order valence-electron chi connectivity index (χ1n) is 5.57. The Balaban J connectivity index is 2.24. The number of benzene rings is 1. The van der Waals surface area contributed by atoms with Gasteiger partial charge < -0.3 is 5.32 Å². The van der Waals surface area contributed by atoms with Crippen LogP contribution in [-0.2, 0) is 12.4 Å².